The number of rotatable bonds is 4. The Bertz CT molecular complexity index is 532. The fourth-order valence-corrected chi connectivity index (χ4v) is 2.19. The Morgan fingerprint density at radius 3 is 3.06 bits per heavy atom. The van der Waals surface area contributed by atoms with Crippen molar-refractivity contribution in [2.24, 2.45) is 0 Å². The number of thioether (sulfide) groups is 1. The lowest BCUT2D eigenvalue weighted by Crippen LogP contribution is -2.22. The molecule has 2 aromatic rings. The number of hydrogen-bond acceptors (Lipinski definition) is 4. The van der Waals surface area contributed by atoms with Crippen LogP contribution in [0.15, 0.2) is 35.7 Å². The number of carbonyl (C=O) groups is 1. The maximum atomic E-state index is 11.9. The van der Waals surface area contributed by atoms with E-state index in [0.29, 0.717) is 15.9 Å². The molecule has 0 aliphatic heterocycles. The monoisotopic (exact) mass is 282 g/mol. The molecule has 1 aromatic carbocycles. The normalized spacial score (nSPS) is 12.1. The van der Waals surface area contributed by atoms with E-state index in [4.69, 9.17) is 11.6 Å². The van der Waals surface area contributed by atoms with Crippen molar-refractivity contribution in [1.29, 1.82) is 0 Å². The van der Waals surface area contributed by atoms with Gasteiger partial charge in [-0.25, -0.2) is 4.98 Å². The van der Waals surface area contributed by atoms with E-state index in [1.807, 2.05) is 0 Å². The summed E-state index contributed by atoms with van der Waals surface area (Å²) in [5, 5.41) is 10.1. The molecule has 0 saturated heterocycles. The van der Waals surface area contributed by atoms with Crippen LogP contribution in [0.2, 0.25) is 5.02 Å². The van der Waals surface area contributed by atoms with Crippen molar-refractivity contribution in [2.75, 3.05) is 5.32 Å². The highest BCUT2D eigenvalue weighted by atomic mass is 35.5. The molecule has 1 atom stereocenters. The second-order valence-electron chi connectivity index (χ2n) is 3.55. The van der Waals surface area contributed by atoms with Gasteiger partial charge in [-0.1, -0.05) is 29.4 Å². The summed E-state index contributed by atoms with van der Waals surface area (Å²) in [5.74, 6) is -0.112. The quantitative estimate of drug-likeness (QED) is 0.846. The Morgan fingerprint density at radius 2 is 2.39 bits per heavy atom. The number of nitrogens with one attached hydrogen (secondary N) is 2. The first-order chi connectivity index (χ1) is 8.65. The van der Waals surface area contributed by atoms with E-state index < -0.39 is 0 Å². The smallest absolute Gasteiger partial charge is 0.237 e. The van der Waals surface area contributed by atoms with Gasteiger partial charge in [0.1, 0.15) is 6.33 Å². The molecule has 1 heterocycles. The zero-order valence-electron chi connectivity index (χ0n) is 9.55. The van der Waals surface area contributed by atoms with Gasteiger partial charge >= 0.3 is 0 Å². The summed E-state index contributed by atoms with van der Waals surface area (Å²) in [6.45, 7) is 1.80. The van der Waals surface area contributed by atoms with Crippen molar-refractivity contribution in [3.63, 3.8) is 0 Å². The lowest BCUT2D eigenvalue weighted by molar-refractivity contribution is -0.115. The fraction of sp³-hybridized carbons (Fsp3) is 0.182. The Balaban J connectivity index is 1.95. The number of nitrogens with zero attached hydrogens (tertiary/aromatic N) is 2. The lowest BCUT2D eigenvalue weighted by Gasteiger charge is -2.10. The summed E-state index contributed by atoms with van der Waals surface area (Å²) in [6, 6.07) is 7.02. The van der Waals surface area contributed by atoms with Gasteiger partial charge in [-0.05, 0) is 25.1 Å². The Kier molecular flexibility index (Phi) is 4.22. The van der Waals surface area contributed by atoms with Crippen molar-refractivity contribution in [1.82, 2.24) is 15.2 Å². The predicted molar refractivity (Wildman–Crippen MR) is 71.8 cm³/mol. The maximum absolute atomic E-state index is 11.9. The number of carbonyl (C=O) groups excluding carboxylic acids is 1. The molecule has 0 radical (unpaired) electrons. The molecule has 94 valence electrons. The van der Waals surface area contributed by atoms with E-state index in [1.54, 1.807) is 31.2 Å². The number of aromatic nitrogens is 3. The first-order valence-corrected chi connectivity index (χ1v) is 6.49. The highest BCUT2D eigenvalue weighted by Gasteiger charge is 2.15. The van der Waals surface area contributed by atoms with Gasteiger partial charge in [0.15, 0.2) is 5.16 Å². The van der Waals surface area contributed by atoms with Gasteiger partial charge in [-0.15, -0.1) is 0 Å². The highest BCUT2D eigenvalue weighted by Crippen LogP contribution is 2.20. The largest absolute Gasteiger partial charge is 0.325 e. The third kappa shape index (κ3) is 3.48. The zero-order chi connectivity index (χ0) is 13.0. The molecule has 0 spiro atoms. The Morgan fingerprint density at radius 1 is 1.56 bits per heavy atom. The predicted octanol–water partition coefficient (Wildman–Crippen LogP) is 2.58. The van der Waals surface area contributed by atoms with Crippen LogP contribution in [0.1, 0.15) is 6.92 Å². The second-order valence-corrected chi connectivity index (χ2v) is 5.32. The maximum Gasteiger partial charge on any atom is 0.237 e. The zero-order valence-corrected chi connectivity index (χ0v) is 11.1. The molecule has 1 unspecified atom stereocenters. The van der Waals surface area contributed by atoms with Gasteiger partial charge in [0, 0.05) is 10.7 Å². The van der Waals surface area contributed by atoms with Crippen LogP contribution in [0.4, 0.5) is 5.69 Å². The van der Waals surface area contributed by atoms with Gasteiger partial charge in [0.25, 0.3) is 0 Å². The van der Waals surface area contributed by atoms with Gasteiger partial charge < -0.3 is 5.32 Å². The van der Waals surface area contributed by atoms with Crippen LogP contribution in [-0.4, -0.2) is 26.3 Å². The minimum Gasteiger partial charge on any atom is -0.325 e. The molecular weight excluding hydrogens is 272 g/mol. The van der Waals surface area contributed by atoms with E-state index in [9.17, 15) is 4.79 Å². The summed E-state index contributed by atoms with van der Waals surface area (Å²) in [4.78, 5) is 15.9. The minimum absolute atomic E-state index is 0.112. The molecule has 1 amide bonds. The van der Waals surface area contributed by atoms with E-state index >= 15 is 0 Å². The van der Waals surface area contributed by atoms with Crippen molar-refractivity contribution in [3.8, 4) is 0 Å². The molecule has 5 nitrogen and oxygen atoms in total. The molecule has 0 saturated carbocycles. The van der Waals surface area contributed by atoms with Crippen molar-refractivity contribution in [2.45, 2.75) is 17.3 Å². The molecule has 2 N–H and O–H groups in total. The first-order valence-electron chi connectivity index (χ1n) is 5.23. The highest BCUT2D eigenvalue weighted by molar-refractivity contribution is 8.00. The number of amides is 1. The standard InChI is InChI=1S/C11H11ClN4OS/c1-7(18-11-13-6-14-16-11)10(17)15-9-4-2-3-8(12)5-9/h2-7H,1H3,(H,15,17)(H,13,14,16). The number of hydrogen-bond donors (Lipinski definition) is 2. The average molecular weight is 283 g/mol. The number of anilines is 1. The average Bonchev–Trinajstić information content (AvgIpc) is 2.81. The molecule has 0 aliphatic carbocycles. The SMILES string of the molecule is CC(Sc1ncn[nH]1)C(=O)Nc1cccc(Cl)c1. The fourth-order valence-electron chi connectivity index (χ4n) is 1.28. The van der Waals surface area contributed by atoms with E-state index in [2.05, 4.69) is 20.5 Å². The number of aromatic amines is 1. The molecule has 1 aromatic heterocycles. The molecule has 0 bridgehead atoms. The number of halogens is 1. The van der Waals surface area contributed by atoms with Gasteiger partial charge in [-0.2, -0.15) is 5.10 Å². The topological polar surface area (TPSA) is 70.7 Å². The lowest BCUT2D eigenvalue weighted by atomic mass is 10.3. The summed E-state index contributed by atoms with van der Waals surface area (Å²) >= 11 is 7.15. The molecule has 18 heavy (non-hydrogen) atoms. The van der Waals surface area contributed by atoms with Crippen LogP contribution in [0, 0.1) is 0 Å². The van der Waals surface area contributed by atoms with Crippen LogP contribution >= 0.6 is 23.4 Å². The van der Waals surface area contributed by atoms with Crippen LogP contribution in [0.25, 0.3) is 0 Å². The molecule has 2 rings (SSSR count). The Labute approximate surface area is 113 Å². The first kappa shape index (κ1) is 12.9. The van der Waals surface area contributed by atoms with Crippen LogP contribution in [0.3, 0.4) is 0 Å². The number of H-pyrrole nitrogens is 1. The molecule has 0 fully saturated rings. The van der Waals surface area contributed by atoms with Crippen LogP contribution < -0.4 is 5.32 Å². The van der Waals surface area contributed by atoms with Crippen molar-refractivity contribution < 1.29 is 4.79 Å². The molecular formula is C11H11ClN4OS. The molecule has 0 aliphatic rings. The third-order valence-corrected chi connectivity index (χ3v) is 3.37. The van der Waals surface area contributed by atoms with Crippen molar-refractivity contribution >= 4 is 35.0 Å². The van der Waals surface area contributed by atoms with Gasteiger partial charge in [0.2, 0.25) is 5.91 Å². The van der Waals surface area contributed by atoms with Gasteiger partial charge in [0.05, 0.1) is 5.25 Å². The second kappa shape index (κ2) is 5.88. The van der Waals surface area contributed by atoms with E-state index in [-0.39, 0.29) is 11.2 Å². The van der Waals surface area contributed by atoms with Gasteiger partial charge in [-0.3, -0.25) is 9.89 Å². The van der Waals surface area contributed by atoms with Crippen LogP contribution in [-0.2, 0) is 4.79 Å². The minimum atomic E-state index is -0.281. The molecule has 7 heteroatoms. The van der Waals surface area contributed by atoms with Crippen LogP contribution in [0.5, 0.6) is 0 Å². The van der Waals surface area contributed by atoms with E-state index in [0.717, 1.165) is 0 Å². The third-order valence-electron chi connectivity index (χ3n) is 2.14. The summed E-state index contributed by atoms with van der Waals surface area (Å²) < 4.78 is 0. The summed E-state index contributed by atoms with van der Waals surface area (Å²) in [7, 11) is 0. The Hall–Kier alpha value is -1.53. The summed E-state index contributed by atoms with van der Waals surface area (Å²) in [6.07, 6.45) is 1.41. The summed E-state index contributed by atoms with van der Waals surface area (Å²) in [5.41, 5.74) is 0.678. The van der Waals surface area contributed by atoms with E-state index in [1.165, 1.54) is 18.1 Å². The number of benzene rings is 1. The van der Waals surface area contributed by atoms with Crippen molar-refractivity contribution in [3.05, 3.63) is 35.6 Å².